The predicted octanol–water partition coefficient (Wildman–Crippen LogP) is 1.43. The molecule has 0 aromatic carbocycles. The maximum Gasteiger partial charge on any atom is 0.0918 e. The van der Waals surface area contributed by atoms with Gasteiger partial charge in [-0.15, -0.1) is 11.3 Å². The fourth-order valence-corrected chi connectivity index (χ4v) is 2.23. The van der Waals surface area contributed by atoms with Gasteiger partial charge < -0.3 is 5.73 Å². The van der Waals surface area contributed by atoms with Crippen molar-refractivity contribution in [3.63, 3.8) is 0 Å². The molecule has 0 unspecified atom stereocenters. The Labute approximate surface area is 93.6 Å². The van der Waals surface area contributed by atoms with Crippen LogP contribution >= 0.6 is 11.3 Å². The van der Waals surface area contributed by atoms with Crippen molar-refractivity contribution in [3.8, 4) is 0 Å². The maximum absolute atomic E-state index is 7.24. The van der Waals surface area contributed by atoms with Crippen LogP contribution in [0.4, 0.5) is 0 Å². The van der Waals surface area contributed by atoms with Gasteiger partial charge in [-0.3, -0.25) is 15.3 Å². The number of nitrogens with one attached hydrogen (secondary N) is 1. The summed E-state index contributed by atoms with van der Waals surface area (Å²) < 4.78 is 0. The van der Waals surface area contributed by atoms with Gasteiger partial charge in [0.2, 0.25) is 0 Å². The van der Waals surface area contributed by atoms with E-state index in [-0.39, 0.29) is 5.84 Å². The molecule has 0 amide bonds. The van der Waals surface area contributed by atoms with E-state index >= 15 is 0 Å². The molecule has 0 atom stereocenters. The number of aromatic nitrogens is 1. The zero-order chi connectivity index (χ0) is 10.7. The first-order valence-electron chi connectivity index (χ1n) is 5.20. The molecule has 0 aliphatic heterocycles. The zero-order valence-corrected chi connectivity index (χ0v) is 9.46. The highest BCUT2D eigenvalue weighted by Gasteiger charge is 2.28. The molecule has 3 N–H and O–H groups in total. The Kier molecular flexibility index (Phi) is 3.33. The standard InChI is InChI=1S/C10H16N4S/c11-10(12)3-4-14(8-1-2-8)6-9-5-13-7-15-9/h5,7-8H,1-4,6H2,(H3,11,12). The molecule has 0 saturated heterocycles. The van der Waals surface area contributed by atoms with Gasteiger partial charge in [0.15, 0.2) is 0 Å². The lowest BCUT2D eigenvalue weighted by Crippen LogP contribution is -2.29. The fourth-order valence-electron chi connectivity index (χ4n) is 1.61. The van der Waals surface area contributed by atoms with E-state index in [2.05, 4.69) is 9.88 Å². The van der Waals surface area contributed by atoms with Gasteiger partial charge in [0.1, 0.15) is 0 Å². The van der Waals surface area contributed by atoms with E-state index in [1.165, 1.54) is 17.7 Å². The highest BCUT2D eigenvalue weighted by Crippen LogP contribution is 2.28. The summed E-state index contributed by atoms with van der Waals surface area (Å²) in [6.45, 7) is 1.86. The van der Waals surface area contributed by atoms with Gasteiger partial charge in [-0.2, -0.15) is 0 Å². The summed E-state index contributed by atoms with van der Waals surface area (Å²) in [4.78, 5) is 7.78. The molecular formula is C10H16N4S. The fraction of sp³-hybridized carbons (Fsp3) is 0.600. The number of nitrogens with zero attached hydrogens (tertiary/aromatic N) is 2. The molecule has 0 bridgehead atoms. The predicted molar refractivity (Wildman–Crippen MR) is 62.1 cm³/mol. The molecule has 1 aliphatic rings. The molecule has 0 spiro atoms. The van der Waals surface area contributed by atoms with Crippen LogP contribution in [-0.4, -0.2) is 28.3 Å². The highest BCUT2D eigenvalue weighted by molar-refractivity contribution is 7.09. The summed E-state index contributed by atoms with van der Waals surface area (Å²) >= 11 is 1.69. The third-order valence-corrected chi connectivity index (χ3v) is 3.34. The van der Waals surface area contributed by atoms with Crippen molar-refractivity contribution in [1.29, 1.82) is 5.41 Å². The number of rotatable bonds is 6. The molecule has 5 heteroatoms. The van der Waals surface area contributed by atoms with Gasteiger partial charge in [0.05, 0.1) is 11.3 Å². The lowest BCUT2D eigenvalue weighted by molar-refractivity contribution is 0.264. The molecule has 82 valence electrons. The topological polar surface area (TPSA) is 66.0 Å². The monoisotopic (exact) mass is 224 g/mol. The second kappa shape index (κ2) is 4.72. The molecule has 1 aromatic heterocycles. The van der Waals surface area contributed by atoms with Crippen molar-refractivity contribution in [1.82, 2.24) is 9.88 Å². The molecule has 1 aromatic rings. The van der Waals surface area contributed by atoms with E-state index in [1.807, 2.05) is 11.7 Å². The molecule has 15 heavy (non-hydrogen) atoms. The van der Waals surface area contributed by atoms with Gasteiger partial charge in [-0.25, -0.2) is 0 Å². The minimum atomic E-state index is 0.282. The summed E-state index contributed by atoms with van der Waals surface area (Å²) in [7, 11) is 0. The Bertz CT molecular complexity index is 318. The molecule has 2 rings (SSSR count). The van der Waals surface area contributed by atoms with Gasteiger partial charge in [0, 0.05) is 36.6 Å². The summed E-state index contributed by atoms with van der Waals surface area (Å²) in [6.07, 6.45) is 5.18. The maximum atomic E-state index is 7.24. The second-order valence-electron chi connectivity index (χ2n) is 3.94. The van der Waals surface area contributed by atoms with E-state index in [1.54, 1.807) is 11.3 Å². The molecular weight excluding hydrogens is 208 g/mol. The average molecular weight is 224 g/mol. The van der Waals surface area contributed by atoms with Crippen molar-refractivity contribution >= 4 is 17.2 Å². The quantitative estimate of drug-likeness (QED) is 0.567. The first-order valence-corrected chi connectivity index (χ1v) is 6.08. The first kappa shape index (κ1) is 10.6. The molecule has 1 saturated carbocycles. The zero-order valence-electron chi connectivity index (χ0n) is 8.65. The average Bonchev–Trinajstić information content (AvgIpc) is 2.91. The Morgan fingerprint density at radius 2 is 2.47 bits per heavy atom. The Hall–Kier alpha value is -0.940. The number of amidine groups is 1. The summed E-state index contributed by atoms with van der Waals surface area (Å²) in [5, 5.41) is 7.24. The van der Waals surface area contributed by atoms with E-state index < -0.39 is 0 Å². The molecule has 0 radical (unpaired) electrons. The molecule has 1 heterocycles. The third-order valence-electron chi connectivity index (χ3n) is 2.57. The summed E-state index contributed by atoms with van der Waals surface area (Å²) in [6, 6.07) is 0.714. The Balaban J connectivity index is 1.86. The summed E-state index contributed by atoms with van der Waals surface area (Å²) in [5.41, 5.74) is 7.25. The van der Waals surface area contributed by atoms with Crippen LogP contribution in [0, 0.1) is 5.41 Å². The van der Waals surface area contributed by atoms with Crippen LogP contribution in [0.5, 0.6) is 0 Å². The van der Waals surface area contributed by atoms with Crippen LogP contribution in [0.3, 0.4) is 0 Å². The minimum Gasteiger partial charge on any atom is -0.388 e. The second-order valence-corrected chi connectivity index (χ2v) is 4.92. The van der Waals surface area contributed by atoms with Crippen LogP contribution in [-0.2, 0) is 6.54 Å². The number of hydrogen-bond donors (Lipinski definition) is 2. The minimum absolute atomic E-state index is 0.282. The van der Waals surface area contributed by atoms with E-state index in [0.29, 0.717) is 12.5 Å². The Morgan fingerprint density at radius 3 is 3.00 bits per heavy atom. The van der Waals surface area contributed by atoms with Crippen LogP contribution < -0.4 is 5.73 Å². The van der Waals surface area contributed by atoms with Gasteiger partial charge in [-0.1, -0.05) is 0 Å². The van der Waals surface area contributed by atoms with Crippen molar-refractivity contribution in [2.45, 2.75) is 31.8 Å². The van der Waals surface area contributed by atoms with Crippen LogP contribution in [0.1, 0.15) is 24.1 Å². The van der Waals surface area contributed by atoms with Gasteiger partial charge in [-0.05, 0) is 12.8 Å². The third kappa shape index (κ3) is 3.28. The van der Waals surface area contributed by atoms with Crippen molar-refractivity contribution in [2.24, 2.45) is 5.73 Å². The SMILES string of the molecule is N=C(N)CCN(Cc1cncs1)C1CC1. The first-order chi connectivity index (χ1) is 7.25. The smallest absolute Gasteiger partial charge is 0.0918 e. The van der Waals surface area contributed by atoms with Gasteiger partial charge >= 0.3 is 0 Å². The highest BCUT2D eigenvalue weighted by atomic mass is 32.1. The Morgan fingerprint density at radius 1 is 1.67 bits per heavy atom. The largest absolute Gasteiger partial charge is 0.388 e. The number of thiazole rings is 1. The lowest BCUT2D eigenvalue weighted by Gasteiger charge is -2.20. The normalized spacial score (nSPS) is 15.8. The van der Waals surface area contributed by atoms with Crippen molar-refractivity contribution in [3.05, 3.63) is 16.6 Å². The van der Waals surface area contributed by atoms with Crippen LogP contribution in [0.15, 0.2) is 11.7 Å². The molecule has 1 aliphatic carbocycles. The number of nitrogens with two attached hydrogens (primary N) is 1. The molecule has 4 nitrogen and oxygen atoms in total. The van der Waals surface area contributed by atoms with Gasteiger partial charge in [0.25, 0.3) is 0 Å². The van der Waals surface area contributed by atoms with Crippen LogP contribution in [0.2, 0.25) is 0 Å². The van der Waals surface area contributed by atoms with Crippen molar-refractivity contribution < 1.29 is 0 Å². The molecule has 1 fully saturated rings. The van der Waals surface area contributed by atoms with E-state index in [0.717, 1.165) is 13.1 Å². The van der Waals surface area contributed by atoms with Crippen LogP contribution in [0.25, 0.3) is 0 Å². The summed E-state index contributed by atoms with van der Waals surface area (Å²) in [5.74, 6) is 0.282. The lowest BCUT2D eigenvalue weighted by atomic mass is 10.3. The van der Waals surface area contributed by atoms with Crippen molar-refractivity contribution in [2.75, 3.05) is 6.54 Å². The number of hydrogen-bond acceptors (Lipinski definition) is 4. The van der Waals surface area contributed by atoms with E-state index in [9.17, 15) is 0 Å². The van der Waals surface area contributed by atoms with E-state index in [4.69, 9.17) is 11.1 Å².